The molecule has 2 aromatic carbocycles. The normalized spacial score (nSPS) is 12.9. The van der Waals surface area contributed by atoms with E-state index < -0.39 is 12.0 Å². The molecule has 0 aliphatic heterocycles. The van der Waals surface area contributed by atoms with Gasteiger partial charge in [-0.1, -0.05) is 49.4 Å². The summed E-state index contributed by atoms with van der Waals surface area (Å²) in [4.78, 5) is 23.8. The fourth-order valence-corrected chi connectivity index (χ4v) is 2.57. The molecule has 0 radical (unpaired) electrons. The predicted molar refractivity (Wildman–Crippen MR) is 95.6 cm³/mol. The molecule has 0 aromatic heterocycles. The SMILES string of the molecule is COc1ccc(CC(C)C(=O)N[C@H](Cc2ccccc2)C(=O)O)cc1. The number of methoxy groups -OCH3 is 1. The lowest BCUT2D eigenvalue weighted by Crippen LogP contribution is -2.44. The molecule has 0 saturated heterocycles. The summed E-state index contributed by atoms with van der Waals surface area (Å²) in [6.45, 7) is 1.79. The van der Waals surface area contributed by atoms with Crippen LogP contribution < -0.4 is 10.1 Å². The fourth-order valence-electron chi connectivity index (χ4n) is 2.57. The lowest BCUT2D eigenvalue weighted by atomic mass is 9.99. The Balaban J connectivity index is 1.95. The maximum absolute atomic E-state index is 12.4. The average molecular weight is 341 g/mol. The van der Waals surface area contributed by atoms with Crippen LogP contribution in [0.4, 0.5) is 0 Å². The summed E-state index contributed by atoms with van der Waals surface area (Å²) in [6, 6.07) is 15.8. The number of carbonyl (C=O) groups is 2. The molecular weight excluding hydrogens is 318 g/mol. The van der Waals surface area contributed by atoms with Gasteiger partial charge in [0.1, 0.15) is 11.8 Å². The second kappa shape index (κ2) is 8.87. The molecule has 2 aromatic rings. The molecule has 2 rings (SSSR count). The van der Waals surface area contributed by atoms with Gasteiger partial charge >= 0.3 is 5.97 Å². The summed E-state index contributed by atoms with van der Waals surface area (Å²) in [5, 5.41) is 12.0. The molecule has 2 atom stereocenters. The minimum Gasteiger partial charge on any atom is -0.497 e. The smallest absolute Gasteiger partial charge is 0.326 e. The largest absolute Gasteiger partial charge is 0.497 e. The van der Waals surface area contributed by atoms with Gasteiger partial charge in [-0.3, -0.25) is 4.79 Å². The van der Waals surface area contributed by atoms with Crippen molar-refractivity contribution in [2.45, 2.75) is 25.8 Å². The predicted octanol–water partition coefficient (Wildman–Crippen LogP) is 2.69. The molecule has 25 heavy (non-hydrogen) atoms. The number of benzene rings is 2. The van der Waals surface area contributed by atoms with Crippen molar-refractivity contribution < 1.29 is 19.4 Å². The molecule has 5 heteroatoms. The van der Waals surface area contributed by atoms with Gasteiger partial charge in [0.15, 0.2) is 0 Å². The Labute approximate surface area is 147 Å². The molecule has 0 heterocycles. The minimum absolute atomic E-state index is 0.261. The Morgan fingerprint density at radius 1 is 1.00 bits per heavy atom. The fraction of sp³-hybridized carbons (Fsp3) is 0.300. The topological polar surface area (TPSA) is 75.6 Å². The van der Waals surface area contributed by atoms with E-state index in [2.05, 4.69) is 5.32 Å². The highest BCUT2D eigenvalue weighted by Gasteiger charge is 2.23. The molecule has 2 N–H and O–H groups in total. The van der Waals surface area contributed by atoms with E-state index in [1.165, 1.54) is 0 Å². The molecule has 1 amide bonds. The van der Waals surface area contributed by atoms with Crippen LogP contribution in [-0.4, -0.2) is 30.1 Å². The van der Waals surface area contributed by atoms with Crippen molar-refractivity contribution >= 4 is 11.9 Å². The monoisotopic (exact) mass is 341 g/mol. The molecule has 0 spiro atoms. The van der Waals surface area contributed by atoms with E-state index in [0.717, 1.165) is 16.9 Å². The Hall–Kier alpha value is -2.82. The zero-order valence-electron chi connectivity index (χ0n) is 14.4. The third-order valence-corrected chi connectivity index (χ3v) is 4.05. The summed E-state index contributed by atoms with van der Waals surface area (Å²) < 4.78 is 5.11. The highest BCUT2D eigenvalue weighted by Crippen LogP contribution is 2.15. The molecule has 132 valence electrons. The van der Waals surface area contributed by atoms with E-state index >= 15 is 0 Å². The van der Waals surface area contributed by atoms with Crippen molar-refractivity contribution in [1.29, 1.82) is 0 Å². The van der Waals surface area contributed by atoms with Crippen LogP contribution in [0.2, 0.25) is 0 Å². The van der Waals surface area contributed by atoms with Crippen molar-refractivity contribution in [1.82, 2.24) is 5.32 Å². The van der Waals surface area contributed by atoms with E-state index in [0.29, 0.717) is 6.42 Å². The van der Waals surface area contributed by atoms with E-state index in [4.69, 9.17) is 4.74 Å². The van der Waals surface area contributed by atoms with Crippen molar-refractivity contribution in [2.24, 2.45) is 5.92 Å². The van der Waals surface area contributed by atoms with Crippen LogP contribution in [0.25, 0.3) is 0 Å². The summed E-state index contributed by atoms with van der Waals surface area (Å²) in [5.74, 6) is -0.867. The standard InChI is InChI=1S/C20H23NO4/c1-14(12-16-8-10-17(25-2)11-9-16)19(22)21-18(20(23)24)13-15-6-4-3-5-7-15/h3-11,14,18H,12-13H2,1-2H3,(H,21,22)(H,23,24)/t14?,18-/m1/s1. The van der Waals surface area contributed by atoms with Crippen molar-refractivity contribution in [2.75, 3.05) is 7.11 Å². The maximum Gasteiger partial charge on any atom is 0.326 e. The van der Waals surface area contributed by atoms with Crippen LogP contribution >= 0.6 is 0 Å². The first kappa shape index (κ1) is 18.5. The second-order valence-corrected chi connectivity index (χ2v) is 6.04. The van der Waals surface area contributed by atoms with Gasteiger partial charge in [-0.25, -0.2) is 4.79 Å². The zero-order chi connectivity index (χ0) is 18.2. The molecule has 0 fully saturated rings. The van der Waals surface area contributed by atoms with E-state index in [-0.39, 0.29) is 18.2 Å². The first-order valence-corrected chi connectivity index (χ1v) is 8.19. The van der Waals surface area contributed by atoms with E-state index in [1.807, 2.05) is 54.6 Å². The van der Waals surface area contributed by atoms with Crippen LogP contribution in [0, 0.1) is 5.92 Å². The van der Waals surface area contributed by atoms with Crippen molar-refractivity contribution in [3.8, 4) is 5.75 Å². The number of aliphatic carboxylic acids is 1. The van der Waals surface area contributed by atoms with Crippen LogP contribution in [-0.2, 0) is 22.4 Å². The van der Waals surface area contributed by atoms with E-state index in [1.54, 1.807) is 14.0 Å². The Morgan fingerprint density at radius 3 is 2.16 bits per heavy atom. The lowest BCUT2D eigenvalue weighted by molar-refractivity contribution is -0.142. The average Bonchev–Trinajstić information content (AvgIpc) is 2.62. The Bertz CT molecular complexity index is 697. The number of amides is 1. The maximum atomic E-state index is 12.4. The quantitative estimate of drug-likeness (QED) is 0.774. The number of ether oxygens (including phenoxy) is 1. The van der Waals surface area contributed by atoms with Crippen LogP contribution in [0.3, 0.4) is 0 Å². The Morgan fingerprint density at radius 2 is 1.60 bits per heavy atom. The number of carbonyl (C=O) groups excluding carboxylic acids is 1. The lowest BCUT2D eigenvalue weighted by Gasteiger charge is -2.18. The number of nitrogens with one attached hydrogen (secondary N) is 1. The summed E-state index contributed by atoms with van der Waals surface area (Å²) in [6.07, 6.45) is 0.796. The van der Waals surface area contributed by atoms with Gasteiger partial charge in [0.25, 0.3) is 0 Å². The minimum atomic E-state index is -1.03. The van der Waals surface area contributed by atoms with Gasteiger partial charge in [0, 0.05) is 12.3 Å². The second-order valence-electron chi connectivity index (χ2n) is 6.04. The van der Waals surface area contributed by atoms with Gasteiger partial charge in [0.05, 0.1) is 7.11 Å². The highest BCUT2D eigenvalue weighted by molar-refractivity contribution is 5.85. The first-order valence-electron chi connectivity index (χ1n) is 8.19. The van der Waals surface area contributed by atoms with Gasteiger partial charge in [-0.05, 0) is 29.7 Å². The molecular formula is C20H23NO4. The molecule has 5 nitrogen and oxygen atoms in total. The number of hydrogen-bond donors (Lipinski definition) is 2. The third-order valence-electron chi connectivity index (χ3n) is 4.05. The summed E-state index contributed by atoms with van der Waals surface area (Å²) in [7, 11) is 1.60. The van der Waals surface area contributed by atoms with E-state index in [9.17, 15) is 14.7 Å². The Kier molecular flexibility index (Phi) is 6.57. The number of carboxylic acid groups (broad SMARTS) is 1. The highest BCUT2D eigenvalue weighted by atomic mass is 16.5. The number of carboxylic acids is 1. The van der Waals surface area contributed by atoms with Crippen LogP contribution in [0.15, 0.2) is 54.6 Å². The van der Waals surface area contributed by atoms with Crippen molar-refractivity contribution in [3.05, 3.63) is 65.7 Å². The summed E-state index contributed by atoms with van der Waals surface area (Å²) >= 11 is 0. The molecule has 0 saturated carbocycles. The van der Waals surface area contributed by atoms with Gasteiger partial charge in [0.2, 0.25) is 5.91 Å². The van der Waals surface area contributed by atoms with Crippen molar-refractivity contribution in [3.63, 3.8) is 0 Å². The number of hydrogen-bond acceptors (Lipinski definition) is 3. The van der Waals surface area contributed by atoms with Crippen LogP contribution in [0.5, 0.6) is 5.75 Å². The van der Waals surface area contributed by atoms with Gasteiger partial charge in [-0.2, -0.15) is 0 Å². The third kappa shape index (κ3) is 5.64. The molecule has 0 bridgehead atoms. The molecule has 0 aliphatic rings. The van der Waals surface area contributed by atoms with Gasteiger partial charge < -0.3 is 15.2 Å². The number of rotatable bonds is 8. The van der Waals surface area contributed by atoms with Gasteiger partial charge in [-0.15, -0.1) is 0 Å². The molecule has 1 unspecified atom stereocenters. The van der Waals surface area contributed by atoms with Crippen LogP contribution in [0.1, 0.15) is 18.1 Å². The molecule has 0 aliphatic carbocycles. The zero-order valence-corrected chi connectivity index (χ0v) is 14.4. The summed E-state index contributed by atoms with van der Waals surface area (Å²) in [5.41, 5.74) is 1.87. The first-order chi connectivity index (χ1) is 12.0.